The van der Waals surface area contributed by atoms with E-state index in [0.717, 1.165) is 18.5 Å². The number of carbonyl (C=O) groups is 2. The van der Waals surface area contributed by atoms with Crippen LogP contribution in [0.2, 0.25) is 0 Å². The predicted octanol–water partition coefficient (Wildman–Crippen LogP) is -1.63. The smallest absolute Gasteiger partial charge is 1.00 e. The number of hydrogen-bond donors (Lipinski definition) is 1. The maximum Gasteiger partial charge on any atom is 1.00 e. The Labute approximate surface area is 116 Å². The zero-order valence-corrected chi connectivity index (χ0v) is 10.0. The van der Waals surface area contributed by atoms with E-state index in [-0.39, 0.29) is 32.5 Å². The number of halogens is 1. The van der Waals surface area contributed by atoms with Crippen LogP contribution in [0.15, 0.2) is 24.5 Å². The van der Waals surface area contributed by atoms with Crippen LogP contribution in [0.3, 0.4) is 0 Å². The first-order valence-corrected chi connectivity index (χ1v) is 4.77. The number of ether oxygens (including phenoxy) is 1. The fraction of sp³-hybridized carbons (Fsp3) is 0.182. The van der Waals surface area contributed by atoms with Gasteiger partial charge in [0.25, 0.3) is 5.78 Å². The molecule has 1 N–H and O–H groups in total. The van der Waals surface area contributed by atoms with E-state index in [0.29, 0.717) is 6.08 Å². The van der Waals surface area contributed by atoms with E-state index in [1.54, 1.807) is 6.92 Å². The van der Waals surface area contributed by atoms with E-state index in [1.807, 2.05) is 0 Å². The fourth-order valence-electron chi connectivity index (χ4n) is 1.02. The first-order chi connectivity index (χ1) is 8.04. The van der Waals surface area contributed by atoms with Gasteiger partial charge in [-0.05, 0) is 13.0 Å². The number of aromatic nitrogens is 1. The van der Waals surface area contributed by atoms with Gasteiger partial charge in [-0.1, -0.05) is 0 Å². The van der Waals surface area contributed by atoms with Gasteiger partial charge in [-0.3, -0.25) is 9.78 Å². The number of nitrogens with zero attached hydrogens (tertiary/aromatic N) is 1. The van der Waals surface area contributed by atoms with Gasteiger partial charge in [-0.2, -0.15) is 0 Å². The molecule has 0 aliphatic rings. The Bertz CT molecular complexity index is 482. The number of aliphatic hydroxyl groups excluding tert-OH is 1. The number of ketones is 1. The molecule has 1 aromatic heterocycles. The molecule has 0 aromatic carbocycles. The Kier molecular flexibility index (Phi) is 6.94. The van der Waals surface area contributed by atoms with Crippen molar-refractivity contribution in [2.75, 3.05) is 6.61 Å². The summed E-state index contributed by atoms with van der Waals surface area (Å²) in [5.74, 6) is -3.31. The number of rotatable bonds is 4. The molecule has 0 saturated heterocycles. The van der Waals surface area contributed by atoms with E-state index in [9.17, 15) is 19.1 Å². The van der Waals surface area contributed by atoms with E-state index < -0.39 is 23.3 Å². The van der Waals surface area contributed by atoms with E-state index >= 15 is 0 Å². The van der Waals surface area contributed by atoms with Crippen molar-refractivity contribution in [1.82, 2.24) is 4.98 Å². The Hall–Kier alpha value is -1.64. The minimum atomic E-state index is -1.08. The van der Waals surface area contributed by atoms with Crippen molar-refractivity contribution in [3.63, 3.8) is 0 Å². The van der Waals surface area contributed by atoms with Crippen molar-refractivity contribution in [3.8, 4) is 0 Å². The van der Waals surface area contributed by atoms with Gasteiger partial charge in [-0.25, -0.2) is 9.18 Å². The molecule has 5 nitrogen and oxygen atoms in total. The largest absolute Gasteiger partial charge is 1.00 e. The molecule has 0 aliphatic carbocycles. The maximum atomic E-state index is 12.8. The van der Waals surface area contributed by atoms with Crippen LogP contribution in [-0.4, -0.2) is 28.4 Å². The molecule has 0 unspecified atom stereocenters. The van der Waals surface area contributed by atoms with E-state index in [2.05, 4.69) is 9.72 Å². The molecule has 0 radical (unpaired) electrons. The quantitative estimate of drug-likeness (QED) is 0.227. The Morgan fingerprint density at radius 1 is 1.56 bits per heavy atom. The SMILES string of the molecule is CCOC(=O)C(=O)C=C(O)c1cncc(F)c1.[H-].[Li+]. The monoisotopic (exact) mass is 247 g/mol. The van der Waals surface area contributed by atoms with Crippen LogP contribution in [0.25, 0.3) is 5.76 Å². The third-order valence-electron chi connectivity index (χ3n) is 1.75. The first kappa shape index (κ1) is 16.4. The minimum absolute atomic E-state index is 0. The zero-order valence-electron chi connectivity index (χ0n) is 11.0. The van der Waals surface area contributed by atoms with Gasteiger partial charge in [0.05, 0.1) is 12.8 Å². The van der Waals surface area contributed by atoms with Crippen LogP contribution in [0.1, 0.15) is 13.9 Å². The molecular weight excluding hydrogens is 236 g/mol. The van der Waals surface area contributed by atoms with Crippen molar-refractivity contribution in [2.45, 2.75) is 6.92 Å². The maximum absolute atomic E-state index is 12.8. The second-order valence-corrected chi connectivity index (χ2v) is 3.01. The van der Waals surface area contributed by atoms with Gasteiger partial charge < -0.3 is 11.3 Å². The van der Waals surface area contributed by atoms with E-state index in [4.69, 9.17) is 0 Å². The third kappa shape index (κ3) is 4.70. The summed E-state index contributed by atoms with van der Waals surface area (Å²) in [6.45, 7) is 1.60. The standard InChI is InChI=1S/C11H10FNO4.Li.H/c1-2-17-11(16)10(15)4-9(14)7-3-8(12)6-13-5-7;;/h3-6,14H,2H2,1H3;;/q;+1;-1. The molecule has 0 spiro atoms. The molecular formula is C11H11FLiNO4. The van der Waals surface area contributed by atoms with Crippen LogP contribution >= 0.6 is 0 Å². The summed E-state index contributed by atoms with van der Waals surface area (Å²) < 4.78 is 17.2. The molecule has 92 valence electrons. The normalized spacial score (nSPS) is 10.4. The van der Waals surface area contributed by atoms with Gasteiger partial charge in [0.1, 0.15) is 11.6 Å². The van der Waals surface area contributed by atoms with Crippen LogP contribution in [0, 0.1) is 5.82 Å². The van der Waals surface area contributed by atoms with Gasteiger partial charge in [-0.15, -0.1) is 0 Å². The number of pyridine rings is 1. The number of hydrogen-bond acceptors (Lipinski definition) is 5. The molecule has 0 bridgehead atoms. The predicted molar refractivity (Wildman–Crippen MR) is 57.6 cm³/mol. The van der Waals surface area contributed by atoms with Crippen LogP contribution in [-0.2, 0) is 14.3 Å². The summed E-state index contributed by atoms with van der Waals surface area (Å²) in [6.07, 6.45) is 2.77. The summed E-state index contributed by atoms with van der Waals surface area (Å²) in [6, 6.07) is 0.983. The molecule has 7 heteroatoms. The second-order valence-electron chi connectivity index (χ2n) is 3.01. The van der Waals surface area contributed by atoms with Gasteiger partial charge in [0.15, 0.2) is 0 Å². The van der Waals surface area contributed by atoms with Crippen molar-refractivity contribution in [3.05, 3.63) is 35.9 Å². The summed E-state index contributed by atoms with van der Waals surface area (Å²) >= 11 is 0. The molecule has 0 atom stereocenters. The molecule has 18 heavy (non-hydrogen) atoms. The van der Waals surface area contributed by atoms with Crippen molar-refractivity contribution in [2.24, 2.45) is 0 Å². The first-order valence-electron chi connectivity index (χ1n) is 4.77. The minimum Gasteiger partial charge on any atom is -1.00 e. The summed E-state index contributed by atoms with van der Waals surface area (Å²) in [5, 5.41) is 9.46. The summed E-state index contributed by atoms with van der Waals surface area (Å²) in [4.78, 5) is 25.6. The molecule has 0 amide bonds. The topological polar surface area (TPSA) is 76.5 Å². The average molecular weight is 247 g/mol. The summed E-state index contributed by atoms with van der Waals surface area (Å²) in [7, 11) is 0. The Morgan fingerprint density at radius 3 is 2.78 bits per heavy atom. The molecule has 1 aromatic rings. The molecule has 1 heterocycles. The number of carbonyl (C=O) groups excluding carboxylic acids is 2. The molecule has 1 rings (SSSR count). The van der Waals surface area contributed by atoms with Crippen LogP contribution in [0.5, 0.6) is 0 Å². The molecule has 0 saturated carbocycles. The zero-order chi connectivity index (χ0) is 12.8. The number of aliphatic hydroxyl groups is 1. The van der Waals surface area contributed by atoms with Crippen molar-refractivity contribution >= 4 is 17.5 Å². The van der Waals surface area contributed by atoms with Gasteiger partial charge >= 0.3 is 24.8 Å². The van der Waals surface area contributed by atoms with Gasteiger partial charge in [0, 0.05) is 17.8 Å². The van der Waals surface area contributed by atoms with Crippen LogP contribution in [0.4, 0.5) is 4.39 Å². The van der Waals surface area contributed by atoms with Crippen LogP contribution < -0.4 is 18.9 Å². The molecule has 0 aliphatic heterocycles. The van der Waals surface area contributed by atoms with E-state index in [1.165, 1.54) is 0 Å². The molecule has 0 fully saturated rings. The van der Waals surface area contributed by atoms with Gasteiger partial charge in [0.2, 0.25) is 0 Å². The Balaban J connectivity index is 0. The number of esters is 1. The fourth-order valence-corrected chi connectivity index (χ4v) is 1.02. The second kappa shape index (κ2) is 7.64. The summed E-state index contributed by atoms with van der Waals surface area (Å²) in [5.41, 5.74) is 0.00245. The Morgan fingerprint density at radius 2 is 2.22 bits per heavy atom. The van der Waals surface area contributed by atoms with Crippen molar-refractivity contribution < 1.29 is 44.1 Å². The van der Waals surface area contributed by atoms with Crippen molar-refractivity contribution in [1.29, 1.82) is 0 Å². The third-order valence-corrected chi connectivity index (χ3v) is 1.75. The average Bonchev–Trinajstić information content (AvgIpc) is 2.29.